The van der Waals surface area contributed by atoms with Crippen LogP contribution in [-0.4, -0.2) is 34.5 Å². The van der Waals surface area contributed by atoms with Crippen LogP contribution in [0.25, 0.3) is 0 Å². The number of hydrogen-bond donors (Lipinski definition) is 2. The van der Waals surface area contributed by atoms with Crippen molar-refractivity contribution in [3.8, 4) is 12.5 Å². The summed E-state index contributed by atoms with van der Waals surface area (Å²) < 4.78 is 5.36. The summed E-state index contributed by atoms with van der Waals surface area (Å²) in [6.45, 7) is 16.4. The van der Waals surface area contributed by atoms with E-state index in [1.54, 1.807) is 34.6 Å². The molecule has 0 radical (unpaired) electrons. The van der Waals surface area contributed by atoms with E-state index in [9.17, 15) is 14.4 Å². The number of para-hydroxylation sites is 1. The lowest BCUT2D eigenvalue weighted by Gasteiger charge is -2.32. The van der Waals surface area contributed by atoms with E-state index in [1.807, 2.05) is 64.1 Å². The molecule has 0 saturated carbocycles. The van der Waals surface area contributed by atoms with Gasteiger partial charge in [-0.05, 0) is 71.1 Å². The number of amides is 3. The number of nitrogens with one attached hydrogen (secondary N) is 2. The predicted octanol–water partition coefficient (Wildman–Crippen LogP) is 5.57. The van der Waals surface area contributed by atoms with Gasteiger partial charge < -0.3 is 15.4 Å². The van der Waals surface area contributed by atoms with E-state index in [-0.39, 0.29) is 5.92 Å². The normalized spacial score (nSPS) is 12.8. The van der Waals surface area contributed by atoms with Crippen molar-refractivity contribution in [1.29, 1.82) is 0 Å². The van der Waals surface area contributed by atoms with Crippen molar-refractivity contribution in [3.63, 3.8) is 0 Å². The van der Waals surface area contributed by atoms with Crippen LogP contribution in [0.15, 0.2) is 36.4 Å². The Labute approximate surface area is 221 Å². The van der Waals surface area contributed by atoms with Crippen LogP contribution in [0.5, 0.6) is 0 Å². The Morgan fingerprint density at radius 3 is 1.97 bits per heavy atom. The van der Waals surface area contributed by atoms with Gasteiger partial charge in [-0.2, -0.15) is 0 Å². The second-order valence-corrected chi connectivity index (χ2v) is 10.8. The van der Waals surface area contributed by atoms with Crippen molar-refractivity contribution < 1.29 is 19.1 Å². The van der Waals surface area contributed by atoms with E-state index < -0.39 is 35.6 Å². The first-order valence-corrected chi connectivity index (χ1v) is 12.4. The molecule has 2 rings (SSSR count). The summed E-state index contributed by atoms with van der Waals surface area (Å²) in [6, 6.07) is 11.7. The SMILES string of the molecule is C#CN(C(=O)C(NC(=O)OC(C)(C)C)C(C)C)C(C(=O)Nc1c(C)cccc1C)c1cc(C)cc(C)c1. The van der Waals surface area contributed by atoms with Gasteiger partial charge in [0.25, 0.3) is 11.8 Å². The lowest BCUT2D eigenvalue weighted by molar-refractivity contribution is -0.137. The minimum atomic E-state index is -1.13. The van der Waals surface area contributed by atoms with Gasteiger partial charge in [-0.3, -0.25) is 14.5 Å². The molecule has 7 nitrogen and oxygen atoms in total. The van der Waals surface area contributed by atoms with E-state index in [0.29, 0.717) is 11.3 Å². The summed E-state index contributed by atoms with van der Waals surface area (Å²) in [6.07, 6.45) is 5.14. The quantitative estimate of drug-likeness (QED) is 0.380. The van der Waals surface area contributed by atoms with Gasteiger partial charge in [-0.1, -0.05) is 67.8 Å². The smallest absolute Gasteiger partial charge is 0.408 e. The second kappa shape index (κ2) is 12.0. The Bertz CT molecular complexity index is 1160. The Kier molecular flexibility index (Phi) is 9.52. The molecular weight excluding hydrogens is 466 g/mol. The molecule has 0 aliphatic rings. The van der Waals surface area contributed by atoms with Crippen LogP contribution in [0.1, 0.15) is 68.5 Å². The second-order valence-electron chi connectivity index (χ2n) is 10.8. The van der Waals surface area contributed by atoms with E-state index in [1.165, 1.54) is 0 Å². The molecule has 0 bridgehead atoms. The van der Waals surface area contributed by atoms with Crippen LogP contribution in [0.3, 0.4) is 0 Å². The van der Waals surface area contributed by atoms with Crippen molar-refractivity contribution in [3.05, 3.63) is 64.2 Å². The Morgan fingerprint density at radius 2 is 1.51 bits per heavy atom. The zero-order valence-corrected chi connectivity index (χ0v) is 23.4. The van der Waals surface area contributed by atoms with Crippen LogP contribution < -0.4 is 10.6 Å². The predicted molar refractivity (Wildman–Crippen MR) is 147 cm³/mol. The van der Waals surface area contributed by atoms with Gasteiger partial charge in [-0.15, -0.1) is 0 Å². The van der Waals surface area contributed by atoms with Gasteiger partial charge in [-0.25, -0.2) is 4.79 Å². The zero-order chi connectivity index (χ0) is 28.1. The minimum Gasteiger partial charge on any atom is -0.444 e. The third kappa shape index (κ3) is 7.85. The molecule has 2 N–H and O–H groups in total. The van der Waals surface area contributed by atoms with Crippen molar-refractivity contribution in [2.45, 2.75) is 80.0 Å². The molecule has 2 unspecified atom stereocenters. The van der Waals surface area contributed by atoms with Crippen LogP contribution in [0, 0.1) is 46.1 Å². The average Bonchev–Trinajstić information content (AvgIpc) is 2.75. The molecule has 0 aromatic heterocycles. The molecule has 198 valence electrons. The molecule has 7 heteroatoms. The number of carbonyl (C=O) groups excluding carboxylic acids is 3. The van der Waals surface area contributed by atoms with E-state index in [4.69, 9.17) is 11.2 Å². The molecule has 2 aromatic rings. The number of hydrogen-bond acceptors (Lipinski definition) is 4. The topological polar surface area (TPSA) is 87.7 Å². The van der Waals surface area contributed by atoms with Crippen molar-refractivity contribution in [1.82, 2.24) is 10.2 Å². The minimum absolute atomic E-state index is 0.322. The average molecular weight is 506 g/mol. The molecule has 2 aromatic carbocycles. The number of nitrogens with zero attached hydrogens (tertiary/aromatic N) is 1. The van der Waals surface area contributed by atoms with Crippen molar-refractivity contribution in [2.75, 3.05) is 5.32 Å². The highest BCUT2D eigenvalue weighted by Gasteiger charge is 2.37. The first-order chi connectivity index (χ1) is 17.1. The fourth-order valence-electron chi connectivity index (χ4n) is 4.15. The van der Waals surface area contributed by atoms with Gasteiger partial charge in [0, 0.05) is 11.7 Å². The number of rotatable bonds is 7. The number of terminal acetylenes is 1. The van der Waals surface area contributed by atoms with Crippen LogP contribution in [-0.2, 0) is 14.3 Å². The van der Waals surface area contributed by atoms with Gasteiger partial charge in [0.1, 0.15) is 17.7 Å². The first kappa shape index (κ1) is 29.4. The molecule has 0 spiro atoms. The van der Waals surface area contributed by atoms with Crippen molar-refractivity contribution in [2.24, 2.45) is 5.92 Å². The fourth-order valence-corrected chi connectivity index (χ4v) is 4.15. The highest BCUT2D eigenvalue weighted by Crippen LogP contribution is 2.28. The number of benzene rings is 2. The number of anilines is 1. The highest BCUT2D eigenvalue weighted by atomic mass is 16.6. The van der Waals surface area contributed by atoms with Crippen LogP contribution in [0.2, 0.25) is 0 Å². The molecule has 0 aliphatic heterocycles. The van der Waals surface area contributed by atoms with Gasteiger partial charge in [0.15, 0.2) is 0 Å². The van der Waals surface area contributed by atoms with Gasteiger partial charge in [0.2, 0.25) is 0 Å². The lowest BCUT2D eigenvalue weighted by atomic mass is 9.96. The van der Waals surface area contributed by atoms with Crippen LogP contribution in [0.4, 0.5) is 10.5 Å². The molecule has 0 saturated heterocycles. The monoisotopic (exact) mass is 505 g/mol. The maximum Gasteiger partial charge on any atom is 0.408 e. The van der Waals surface area contributed by atoms with Crippen LogP contribution >= 0.6 is 0 Å². The van der Waals surface area contributed by atoms with E-state index >= 15 is 0 Å². The molecular formula is C30H39N3O4. The Hall–Kier alpha value is -3.79. The molecule has 2 atom stereocenters. The van der Waals surface area contributed by atoms with E-state index in [0.717, 1.165) is 27.2 Å². The molecule has 0 heterocycles. The zero-order valence-electron chi connectivity index (χ0n) is 23.4. The maximum atomic E-state index is 13.8. The lowest BCUT2D eigenvalue weighted by Crippen LogP contribution is -2.53. The van der Waals surface area contributed by atoms with E-state index in [2.05, 4.69) is 16.7 Å². The highest BCUT2D eigenvalue weighted by molar-refractivity contribution is 6.00. The summed E-state index contributed by atoms with van der Waals surface area (Å²) in [5.74, 6) is -1.35. The Morgan fingerprint density at radius 1 is 0.973 bits per heavy atom. The number of aryl methyl sites for hydroxylation is 4. The summed E-state index contributed by atoms with van der Waals surface area (Å²) in [7, 11) is 0. The molecule has 37 heavy (non-hydrogen) atoms. The largest absolute Gasteiger partial charge is 0.444 e. The third-order valence-electron chi connectivity index (χ3n) is 5.78. The maximum absolute atomic E-state index is 13.8. The number of alkyl carbamates (subject to hydrolysis) is 1. The molecule has 0 aliphatic carbocycles. The summed E-state index contributed by atoms with van der Waals surface area (Å²) >= 11 is 0. The summed E-state index contributed by atoms with van der Waals surface area (Å²) in [4.78, 5) is 41.3. The third-order valence-corrected chi connectivity index (χ3v) is 5.78. The standard InChI is InChI=1S/C30H39N3O4/c1-11-33(28(35)24(18(2)3)32-29(36)37-30(8,9)10)26(23-16-19(4)15-20(5)17-23)27(34)31-25-21(6)13-12-14-22(25)7/h1,12-18,24,26H,2-10H3,(H,31,34)(H,32,36). The number of ether oxygens (including phenoxy) is 1. The van der Waals surface area contributed by atoms with Gasteiger partial charge >= 0.3 is 6.09 Å². The summed E-state index contributed by atoms with van der Waals surface area (Å²) in [5.41, 5.74) is 4.13. The van der Waals surface area contributed by atoms with Gasteiger partial charge in [0.05, 0.1) is 0 Å². The fraction of sp³-hybridized carbons (Fsp3) is 0.433. The number of carbonyl (C=O) groups is 3. The first-order valence-electron chi connectivity index (χ1n) is 12.4. The molecule has 3 amide bonds. The summed E-state index contributed by atoms with van der Waals surface area (Å²) in [5, 5.41) is 5.63. The molecule has 0 fully saturated rings. The Balaban J connectivity index is 2.55. The van der Waals surface area contributed by atoms with Crippen molar-refractivity contribution >= 4 is 23.6 Å².